The van der Waals surface area contributed by atoms with Crippen LogP contribution in [0.1, 0.15) is 24.9 Å². The van der Waals surface area contributed by atoms with Crippen LogP contribution in [-0.2, 0) is 0 Å². The molecular weight excluding hydrogens is 248 g/mol. The van der Waals surface area contributed by atoms with Crippen LogP contribution in [0.3, 0.4) is 0 Å². The van der Waals surface area contributed by atoms with Crippen molar-refractivity contribution < 1.29 is 5.11 Å². The molecule has 0 aromatic heterocycles. The molecule has 2 rings (SSSR count). The molecule has 0 radical (unpaired) electrons. The molecule has 18 heavy (non-hydrogen) atoms. The number of anilines is 1. The third-order valence-electron chi connectivity index (χ3n) is 3.79. The SMILES string of the molecule is CNC(C)c1ccc(N2CCC(CO)C2)cc1Cl. The molecule has 1 aliphatic heterocycles. The lowest BCUT2D eigenvalue weighted by Crippen LogP contribution is -2.21. The van der Waals surface area contributed by atoms with Crippen molar-refractivity contribution in [2.75, 3.05) is 31.6 Å². The number of aliphatic hydroxyl groups is 1. The van der Waals surface area contributed by atoms with Gasteiger partial charge < -0.3 is 15.3 Å². The van der Waals surface area contributed by atoms with E-state index in [-0.39, 0.29) is 12.6 Å². The molecule has 1 aliphatic rings. The molecule has 1 aromatic carbocycles. The molecule has 0 spiro atoms. The zero-order chi connectivity index (χ0) is 13.1. The molecule has 0 bridgehead atoms. The molecular formula is C14H21ClN2O. The zero-order valence-electron chi connectivity index (χ0n) is 11.0. The maximum absolute atomic E-state index is 9.17. The van der Waals surface area contributed by atoms with Crippen LogP contribution in [0.15, 0.2) is 18.2 Å². The van der Waals surface area contributed by atoms with E-state index in [1.165, 1.54) is 0 Å². The highest BCUT2D eigenvalue weighted by Crippen LogP contribution is 2.30. The van der Waals surface area contributed by atoms with Crippen molar-refractivity contribution in [3.05, 3.63) is 28.8 Å². The number of hydrogen-bond donors (Lipinski definition) is 2. The Morgan fingerprint density at radius 2 is 2.33 bits per heavy atom. The average Bonchev–Trinajstić information content (AvgIpc) is 2.86. The predicted molar refractivity (Wildman–Crippen MR) is 76.3 cm³/mol. The molecule has 2 unspecified atom stereocenters. The normalized spacial score (nSPS) is 21.3. The van der Waals surface area contributed by atoms with Crippen molar-refractivity contribution in [1.82, 2.24) is 5.32 Å². The van der Waals surface area contributed by atoms with Gasteiger partial charge in [0.05, 0.1) is 0 Å². The largest absolute Gasteiger partial charge is 0.396 e. The molecule has 2 atom stereocenters. The summed E-state index contributed by atoms with van der Waals surface area (Å²) in [4.78, 5) is 2.29. The van der Waals surface area contributed by atoms with E-state index in [0.29, 0.717) is 5.92 Å². The number of aliphatic hydroxyl groups excluding tert-OH is 1. The van der Waals surface area contributed by atoms with Gasteiger partial charge in [0.25, 0.3) is 0 Å². The van der Waals surface area contributed by atoms with Gasteiger partial charge in [-0.3, -0.25) is 0 Å². The van der Waals surface area contributed by atoms with Crippen LogP contribution >= 0.6 is 11.6 Å². The van der Waals surface area contributed by atoms with Crippen LogP contribution in [-0.4, -0.2) is 31.9 Å². The van der Waals surface area contributed by atoms with Crippen LogP contribution in [0.25, 0.3) is 0 Å². The summed E-state index contributed by atoms with van der Waals surface area (Å²) in [6, 6.07) is 6.50. The van der Waals surface area contributed by atoms with Crippen molar-refractivity contribution >= 4 is 17.3 Å². The summed E-state index contributed by atoms with van der Waals surface area (Å²) in [5, 5.41) is 13.2. The van der Waals surface area contributed by atoms with Gasteiger partial charge in [0.1, 0.15) is 0 Å². The summed E-state index contributed by atoms with van der Waals surface area (Å²) < 4.78 is 0. The molecule has 0 aliphatic carbocycles. The van der Waals surface area contributed by atoms with E-state index in [4.69, 9.17) is 11.6 Å². The molecule has 2 N–H and O–H groups in total. The topological polar surface area (TPSA) is 35.5 Å². The lowest BCUT2D eigenvalue weighted by atomic mass is 10.1. The smallest absolute Gasteiger partial charge is 0.0476 e. The molecule has 1 fully saturated rings. The van der Waals surface area contributed by atoms with Crippen LogP contribution in [0, 0.1) is 5.92 Å². The third-order valence-corrected chi connectivity index (χ3v) is 4.12. The van der Waals surface area contributed by atoms with E-state index in [1.807, 2.05) is 13.1 Å². The summed E-state index contributed by atoms with van der Waals surface area (Å²) in [6.45, 7) is 4.30. The number of rotatable bonds is 4. The maximum Gasteiger partial charge on any atom is 0.0476 e. The molecule has 3 nitrogen and oxygen atoms in total. The van der Waals surface area contributed by atoms with Crippen LogP contribution < -0.4 is 10.2 Å². The summed E-state index contributed by atoms with van der Waals surface area (Å²) in [6.07, 6.45) is 1.06. The molecule has 1 aromatic rings. The number of halogens is 1. The van der Waals surface area contributed by atoms with Gasteiger partial charge in [0, 0.05) is 42.4 Å². The quantitative estimate of drug-likeness (QED) is 0.881. The highest BCUT2D eigenvalue weighted by atomic mass is 35.5. The Morgan fingerprint density at radius 3 is 2.89 bits per heavy atom. The second kappa shape index (κ2) is 5.91. The van der Waals surface area contributed by atoms with E-state index >= 15 is 0 Å². The second-order valence-corrected chi connectivity index (χ2v) is 5.41. The first-order valence-electron chi connectivity index (χ1n) is 6.48. The number of benzene rings is 1. The van der Waals surface area contributed by atoms with Gasteiger partial charge >= 0.3 is 0 Å². The van der Waals surface area contributed by atoms with Gasteiger partial charge in [-0.05, 0) is 38.1 Å². The van der Waals surface area contributed by atoms with E-state index < -0.39 is 0 Å². The van der Waals surface area contributed by atoms with Crippen LogP contribution in [0.5, 0.6) is 0 Å². The van der Waals surface area contributed by atoms with Crippen molar-refractivity contribution in [3.8, 4) is 0 Å². The fraction of sp³-hybridized carbons (Fsp3) is 0.571. The lowest BCUT2D eigenvalue weighted by Gasteiger charge is -2.21. The first kappa shape index (κ1) is 13.7. The van der Waals surface area contributed by atoms with Gasteiger partial charge in [-0.2, -0.15) is 0 Å². The average molecular weight is 269 g/mol. The summed E-state index contributed by atoms with van der Waals surface area (Å²) in [5.74, 6) is 0.402. The van der Waals surface area contributed by atoms with E-state index in [9.17, 15) is 5.11 Å². The first-order valence-corrected chi connectivity index (χ1v) is 6.86. The Balaban J connectivity index is 2.14. The minimum Gasteiger partial charge on any atom is -0.396 e. The minimum absolute atomic E-state index is 0.260. The van der Waals surface area contributed by atoms with Crippen LogP contribution in [0.4, 0.5) is 5.69 Å². The Labute approximate surface area is 114 Å². The van der Waals surface area contributed by atoms with Crippen molar-refractivity contribution in [2.24, 2.45) is 5.92 Å². The fourth-order valence-electron chi connectivity index (χ4n) is 2.44. The second-order valence-electron chi connectivity index (χ2n) is 5.00. The number of hydrogen-bond acceptors (Lipinski definition) is 3. The lowest BCUT2D eigenvalue weighted by molar-refractivity contribution is 0.238. The van der Waals surface area contributed by atoms with Gasteiger partial charge in [-0.1, -0.05) is 17.7 Å². The van der Waals surface area contributed by atoms with E-state index in [0.717, 1.165) is 35.8 Å². The first-order chi connectivity index (χ1) is 8.65. The van der Waals surface area contributed by atoms with Crippen molar-refractivity contribution in [3.63, 3.8) is 0 Å². The van der Waals surface area contributed by atoms with E-state index in [1.54, 1.807) is 0 Å². The molecule has 1 heterocycles. The summed E-state index contributed by atoms with van der Waals surface area (Å²) in [5.41, 5.74) is 2.28. The maximum atomic E-state index is 9.17. The Morgan fingerprint density at radius 1 is 1.56 bits per heavy atom. The van der Waals surface area contributed by atoms with Gasteiger partial charge in [-0.15, -0.1) is 0 Å². The standard InChI is InChI=1S/C14H21ClN2O/c1-10(16-2)13-4-3-12(7-14(13)15)17-6-5-11(8-17)9-18/h3-4,7,10-11,16,18H,5-6,8-9H2,1-2H3. The highest BCUT2D eigenvalue weighted by Gasteiger charge is 2.22. The zero-order valence-corrected chi connectivity index (χ0v) is 11.7. The summed E-state index contributed by atoms with van der Waals surface area (Å²) >= 11 is 6.34. The van der Waals surface area contributed by atoms with Crippen molar-refractivity contribution in [1.29, 1.82) is 0 Å². The summed E-state index contributed by atoms with van der Waals surface area (Å²) in [7, 11) is 1.93. The van der Waals surface area contributed by atoms with E-state index in [2.05, 4.69) is 29.3 Å². The molecule has 0 amide bonds. The van der Waals surface area contributed by atoms with Gasteiger partial charge in [-0.25, -0.2) is 0 Å². The molecule has 1 saturated heterocycles. The Hall–Kier alpha value is -0.770. The van der Waals surface area contributed by atoms with Crippen molar-refractivity contribution in [2.45, 2.75) is 19.4 Å². The Bertz CT molecular complexity index is 411. The Kier molecular flexibility index (Phi) is 4.49. The fourth-order valence-corrected chi connectivity index (χ4v) is 2.77. The number of nitrogens with one attached hydrogen (secondary N) is 1. The predicted octanol–water partition coefficient (Wildman–Crippen LogP) is 2.44. The van der Waals surface area contributed by atoms with Crippen LogP contribution in [0.2, 0.25) is 5.02 Å². The highest BCUT2D eigenvalue weighted by molar-refractivity contribution is 6.31. The molecule has 100 valence electrons. The number of nitrogens with zero attached hydrogens (tertiary/aromatic N) is 1. The minimum atomic E-state index is 0.260. The molecule has 0 saturated carbocycles. The monoisotopic (exact) mass is 268 g/mol. The van der Waals surface area contributed by atoms with Gasteiger partial charge in [0.15, 0.2) is 0 Å². The van der Waals surface area contributed by atoms with Gasteiger partial charge in [0.2, 0.25) is 0 Å². The molecule has 4 heteroatoms. The third kappa shape index (κ3) is 2.79.